The largest absolute Gasteiger partial charge is 0.315 e. The summed E-state index contributed by atoms with van der Waals surface area (Å²) in [5.74, 6) is 0.367. The van der Waals surface area contributed by atoms with Gasteiger partial charge in [0.25, 0.3) is 6.71 Å². The number of nitrogens with zero attached hydrogens (tertiary/aromatic N) is 2. The lowest BCUT2D eigenvalue weighted by Gasteiger charge is -2.49. The molecule has 4 aromatic carbocycles. The van der Waals surface area contributed by atoms with E-state index in [1.165, 1.54) is 72.8 Å². The third kappa shape index (κ3) is 5.75. The van der Waals surface area contributed by atoms with Crippen LogP contribution in [0.15, 0.2) is 108 Å². The van der Waals surface area contributed by atoms with Crippen LogP contribution in [0.2, 0.25) is 0 Å². The predicted molar refractivity (Wildman–Crippen MR) is 219 cm³/mol. The highest BCUT2D eigenvalue weighted by molar-refractivity contribution is 6.94. The van der Waals surface area contributed by atoms with E-state index in [0.717, 1.165) is 6.42 Å². The van der Waals surface area contributed by atoms with Crippen molar-refractivity contribution in [3.8, 4) is 0 Å². The van der Waals surface area contributed by atoms with Crippen molar-refractivity contribution in [2.75, 3.05) is 9.80 Å². The molecular weight excluding hydrogens is 603 g/mol. The van der Waals surface area contributed by atoms with Crippen molar-refractivity contribution in [3.05, 3.63) is 130 Å². The molecule has 0 saturated heterocycles. The van der Waals surface area contributed by atoms with Gasteiger partial charge in [0, 0.05) is 34.1 Å². The summed E-state index contributed by atoms with van der Waals surface area (Å²) in [4.78, 5) is 5.20. The van der Waals surface area contributed by atoms with Crippen molar-refractivity contribution in [3.63, 3.8) is 0 Å². The van der Waals surface area contributed by atoms with E-state index >= 15 is 0 Å². The highest BCUT2D eigenvalue weighted by Crippen LogP contribution is 2.50. The monoisotopic (exact) mass is 660 g/mol. The Morgan fingerprint density at radius 1 is 0.500 bits per heavy atom. The minimum Gasteiger partial charge on any atom is -0.315 e. The molecule has 1 atom stereocenters. The van der Waals surface area contributed by atoms with Crippen LogP contribution in [0.4, 0.5) is 22.7 Å². The van der Waals surface area contributed by atoms with E-state index in [9.17, 15) is 0 Å². The van der Waals surface area contributed by atoms with Crippen LogP contribution in [0.5, 0.6) is 0 Å². The summed E-state index contributed by atoms with van der Waals surface area (Å²) in [6, 6.07) is 33.4. The summed E-state index contributed by atoms with van der Waals surface area (Å²) in [6.45, 7) is 30.4. The van der Waals surface area contributed by atoms with Crippen LogP contribution >= 0.6 is 0 Å². The second kappa shape index (κ2) is 11.5. The van der Waals surface area contributed by atoms with E-state index in [-0.39, 0.29) is 28.4 Å². The Morgan fingerprint density at radius 2 is 0.880 bits per heavy atom. The van der Waals surface area contributed by atoms with Gasteiger partial charge in [0.1, 0.15) is 0 Å². The van der Waals surface area contributed by atoms with Crippen LogP contribution in [-0.4, -0.2) is 6.71 Å². The second-order valence-electron chi connectivity index (χ2n) is 19.3. The fourth-order valence-corrected chi connectivity index (χ4v) is 8.18. The Bertz CT molecular complexity index is 2020. The number of hydrogen-bond acceptors (Lipinski definition) is 2. The third-order valence-corrected chi connectivity index (χ3v) is 11.3. The molecular formula is C47H57BN2. The van der Waals surface area contributed by atoms with E-state index < -0.39 is 0 Å². The Labute approximate surface area is 303 Å². The number of anilines is 4. The topological polar surface area (TPSA) is 6.48 Å². The molecule has 1 unspecified atom stereocenters. The Morgan fingerprint density at radius 3 is 1.30 bits per heavy atom. The molecule has 3 aliphatic rings. The predicted octanol–water partition coefficient (Wildman–Crippen LogP) is 11.5. The molecule has 0 saturated carbocycles. The first-order chi connectivity index (χ1) is 23.2. The molecule has 1 aliphatic carbocycles. The molecule has 0 radical (unpaired) electrons. The molecule has 50 heavy (non-hydrogen) atoms. The lowest BCUT2D eigenvalue weighted by atomic mass is 9.31. The second-order valence-corrected chi connectivity index (χ2v) is 19.3. The lowest BCUT2D eigenvalue weighted by Crippen LogP contribution is -2.58. The quantitative estimate of drug-likeness (QED) is 0.198. The number of benzene rings is 4. The molecule has 2 heterocycles. The minimum atomic E-state index is 0.0347. The Hall–Kier alpha value is -3.98. The third-order valence-electron chi connectivity index (χ3n) is 11.3. The van der Waals surface area contributed by atoms with Gasteiger partial charge in [-0.3, -0.25) is 0 Å². The van der Waals surface area contributed by atoms with Crippen molar-refractivity contribution < 1.29 is 0 Å². The van der Waals surface area contributed by atoms with Gasteiger partial charge in [-0.15, -0.1) is 0 Å². The molecule has 0 fully saturated rings. The van der Waals surface area contributed by atoms with Crippen molar-refractivity contribution in [2.24, 2.45) is 5.92 Å². The highest BCUT2D eigenvalue weighted by Gasteiger charge is 2.48. The van der Waals surface area contributed by atoms with Gasteiger partial charge in [-0.2, -0.15) is 0 Å². The van der Waals surface area contributed by atoms with Crippen LogP contribution < -0.4 is 20.7 Å². The van der Waals surface area contributed by atoms with E-state index in [2.05, 4.69) is 191 Å². The first kappa shape index (κ1) is 34.5. The minimum absolute atomic E-state index is 0.0347. The summed E-state index contributed by atoms with van der Waals surface area (Å²) in [7, 11) is 0. The standard InChI is InChI=1S/C47H57BN2/c1-30-14-25-41-42-43(30)50(36-23-17-32(18-24-36)45(5,6)7)40-27-20-34(47(11,12)13)29-38(40)48(42)37-28-33(46(8,9)10)19-26-39(37)49(41)35-21-15-31(16-22-35)44(2,3)4/h15-30H,14H2,1-13H3. The molecule has 2 aliphatic heterocycles. The number of fused-ring (bicyclic) bond motifs is 4. The zero-order valence-corrected chi connectivity index (χ0v) is 32.9. The number of allylic oxidation sites excluding steroid dienone is 3. The SMILES string of the molecule is CC1CC=C2C3=C1N(c1ccc(C(C)(C)C)cc1)c1ccc(C(C)(C)C)cc1B3c1cc(C(C)(C)C)ccc1N2c1ccc(C(C)(C)C)cc1. The Balaban J connectivity index is 1.55. The van der Waals surface area contributed by atoms with Gasteiger partial charge in [0.15, 0.2) is 0 Å². The normalized spacial score (nSPS) is 17.7. The molecule has 7 rings (SSSR count). The summed E-state index contributed by atoms with van der Waals surface area (Å²) in [6.07, 6.45) is 3.53. The van der Waals surface area contributed by atoms with Crippen molar-refractivity contribution in [1.29, 1.82) is 0 Å². The summed E-state index contributed by atoms with van der Waals surface area (Å²) < 4.78 is 0. The first-order valence-corrected chi connectivity index (χ1v) is 18.8. The van der Waals surface area contributed by atoms with Crippen LogP contribution in [0, 0.1) is 5.92 Å². The maximum Gasteiger partial charge on any atom is 0.251 e. The van der Waals surface area contributed by atoms with Gasteiger partial charge in [-0.1, -0.05) is 145 Å². The Kier molecular flexibility index (Phi) is 7.94. The molecule has 4 aromatic rings. The highest BCUT2D eigenvalue weighted by atomic mass is 15.2. The lowest BCUT2D eigenvalue weighted by molar-refractivity contribution is 0.590. The average Bonchev–Trinajstić information content (AvgIpc) is 3.03. The van der Waals surface area contributed by atoms with Crippen LogP contribution in [0.1, 0.15) is 119 Å². The first-order valence-electron chi connectivity index (χ1n) is 18.8. The van der Waals surface area contributed by atoms with Gasteiger partial charge in [-0.25, -0.2) is 0 Å². The zero-order chi connectivity index (χ0) is 36.1. The number of hydrogen-bond donors (Lipinski definition) is 0. The van der Waals surface area contributed by atoms with Gasteiger partial charge in [0.05, 0.1) is 0 Å². The molecule has 3 heteroatoms. The van der Waals surface area contributed by atoms with Crippen LogP contribution in [0.25, 0.3) is 0 Å². The fourth-order valence-electron chi connectivity index (χ4n) is 8.18. The molecule has 0 spiro atoms. The zero-order valence-electron chi connectivity index (χ0n) is 32.9. The molecule has 0 amide bonds. The molecule has 0 bridgehead atoms. The smallest absolute Gasteiger partial charge is 0.251 e. The van der Waals surface area contributed by atoms with E-state index in [1.54, 1.807) is 0 Å². The summed E-state index contributed by atoms with van der Waals surface area (Å²) in [5, 5.41) is 0. The maximum atomic E-state index is 2.62. The van der Waals surface area contributed by atoms with E-state index in [1.807, 2.05) is 0 Å². The average molecular weight is 661 g/mol. The van der Waals surface area contributed by atoms with E-state index in [0.29, 0.717) is 5.92 Å². The van der Waals surface area contributed by atoms with Gasteiger partial charge in [0.2, 0.25) is 0 Å². The fraction of sp³-hybridized carbons (Fsp3) is 0.404. The summed E-state index contributed by atoms with van der Waals surface area (Å²) >= 11 is 0. The molecule has 0 aromatic heterocycles. The van der Waals surface area contributed by atoms with Crippen molar-refractivity contribution >= 4 is 40.4 Å². The van der Waals surface area contributed by atoms with Crippen LogP contribution in [0.3, 0.4) is 0 Å². The van der Waals surface area contributed by atoms with Crippen molar-refractivity contribution in [2.45, 2.75) is 118 Å². The van der Waals surface area contributed by atoms with Crippen molar-refractivity contribution in [1.82, 2.24) is 0 Å². The van der Waals surface area contributed by atoms with Crippen LogP contribution in [-0.2, 0) is 21.7 Å². The number of rotatable bonds is 2. The van der Waals surface area contributed by atoms with E-state index in [4.69, 9.17) is 0 Å². The summed E-state index contributed by atoms with van der Waals surface area (Å²) in [5.41, 5.74) is 17.9. The van der Waals surface area contributed by atoms with Gasteiger partial charge >= 0.3 is 0 Å². The maximum absolute atomic E-state index is 2.62. The molecule has 2 nitrogen and oxygen atoms in total. The molecule has 0 N–H and O–H groups in total. The van der Waals surface area contributed by atoms with Gasteiger partial charge in [-0.05, 0) is 109 Å². The van der Waals surface area contributed by atoms with Gasteiger partial charge < -0.3 is 9.80 Å². The molecule has 258 valence electrons.